The third kappa shape index (κ3) is 3.38. The topological polar surface area (TPSA) is 81.4 Å². The van der Waals surface area contributed by atoms with Crippen LogP contribution in [-0.2, 0) is 10.0 Å². The molecule has 0 unspecified atom stereocenters. The van der Waals surface area contributed by atoms with Crippen molar-refractivity contribution < 1.29 is 13.5 Å². The second kappa shape index (κ2) is 5.93. The number of nitriles is 1. The summed E-state index contributed by atoms with van der Waals surface area (Å²) < 4.78 is 26.3. The van der Waals surface area contributed by atoms with E-state index in [9.17, 15) is 13.5 Å². The summed E-state index contributed by atoms with van der Waals surface area (Å²) in [6, 6.07) is 6.01. The zero-order valence-electron chi connectivity index (χ0n) is 11.7. The second-order valence-electron chi connectivity index (χ2n) is 5.45. The molecule has 1 saturated carbocycles. The largest absolute Gasteiger partial charge is 0.389 e. The van der Waals surface area contributed by atoms with E-state index < -0.39 is 15.6 Å². The minimum absolute atomic E-state index is 0.0302. The highest BCUT2D eigenvalue weighted by Gasteiger charge is 2.36. The Kier molecular flexibility index (Phi) is 4.59. The Balaban J connectivity index is 2.31. The maximum atomic E-state index is 12.6. The molecule has 0 amide bonds. The molecule has 1 aliphatic rings. The highest BCUT2D eigenvalue weighted by atomic mass is 35.5. The maximum Gasteiger partial charge on any atom is 0.244 e. The van der Waals surface area contributed by atoms with Gasteiger partial charge < -0.3 is 5.11 Å². The lowest BCUT2D eigenvalue weighted by Crippen LogP contribution is -2.42. The Morgan fingerprint density at radius 3 is 2.62 bits per heavy atom. The van der Waals surface area contributed by atoms with Crippen molar-refractivity contribution in [2.45, 2.75) is 36.2 Å². The van der Waals surface area contributed by atoms with Crippen molar-refractivity contribution in [3.63, 3.8) is 0 Å². The van der Waals surface area contributed by atoms with Gasteiger partial charge in [0.15, 0.2) is 0 Å². The quantitative estimate of drug-likeness (QED) is 0.918. The zero-order chi connectivity index (χ0) is 15.7. The molecule has 0 heterocycles. The van der Waals surface area contributed by atoms with Crippen LogP contribution in [0.25, 0.3) is 0 Å². The van der Waals surface area contributed by atoms with Crippen LogP contribution in [0.4, 0.5) is 0 Å². The second-order valence-corrected chi connectivity index (χ2v) is 7.87. The molecule has 0 aromatic heterocycles. The van der Waals surface area contributed by atoms with E-state index >= 15 is 0 Å². The fraction of sp³-hybridized carbons (Fsp3) is 0.500. The summed E-state index contributed by atoms with van der Waals surface area (Å²) in [6.07, 6.45) is 2.99. The molecule has 2 rings (SSSR count). The molecule has 1 aromatic rings. The van der Waals surface area contributed by atoms with Gasteiger partial charge in [-0.15, -0.1) is 0 Å². The van der Waals surface area contributed by atoms with Crippen LogP contribution in [-0.4, -0.2) is 37.0 Å². The Morgan fingerprint density at radius 1 is 1.43 bits per heavy atom. The van der Waals surface area contributed by atoms with Gasteiger partial charge in [-0.05, 0) is 31.0 Å². The number of hydrogen-bond acceptors (Lipinski definition) is 4. The monoisotopic (exact) mass is 328 g/mol. The number of likely N-dealkylation sites (N-methyl/N-ethyl adjacent to an activating group) is 1. The van der Waals surface area contributed by atoms with Crippen molar-refractivity contribution in [3.8, 4) is 6.07 Å². The molecular weight excluding hydrogens is 312 g/mol. The first-order valence-electron chi connectivity index (χ1n) is 6.67. The molecule has 114 valence electrons. The van der Waals surface area contributed by atoms with Crippen molar-refractivity contribution in [1.82, 2.24) is 4.31 Å². The molecule has 5 nitrogen and oxygen atoms in total. The van der Waals surface area contributed by atoms with Crippen LogP contribution in [0.3, 0.4) is 0 Å². The smallest absolute Gasteiger partial charge is 0.244 e. The summed E-state index contributed by atoms with van der Waals surface area (Å²) in [5, 5.41) is 19.3. The molecular formula is C14H17ClN2O3S. The zero-order valence-corrected chi connectivity index (χ0v) is 13.3. The predicted octanol–water partition coefficient (Wildman–Crippen LogP) is 2.14. The number of aliphatic hydroxyl groups is 1. The predicted molar refractivity (Wildman–Crippen MR) is 79.4 cm³/mol. The van der Waals surface area contributed by atoms with Gasteiger partial charge in [0.2, 0.25) is 10.0 Å². The van der Waals surface area contributed by atoms with E-state index in [1.165, 1.54) is 25.2 Å². The van der Waals surface area contributed by atoms with Crippen LogP contribution < -0.4 is 0 Å². The number of hydrogen-bond donors (Lipinski definition) is 1. The fourth-order valence-electron chi connectivity index (χ4n) is 2.63. The number of benzene rings is 1. The van der Waals surface area contributed by atoms with Crippen molar-refractivity contribution in [3.05, 3.63) is 28.8 Å². The van der Waals surface area contributed by atoms with Gasteiger partial charge >= 0.3 is 0 Å². The average molecular weight is 329 g/mol. The molecule has 21 heavy (non-hydrogen) atoms. The highest BCUT2D eigenvalue weighted by molar-refractivity contribution is 7.89. The van der Waals surface area contributed by atoms with Crippen molar-refractivity contribution in [2.75, 3.05) is 13.6 Å². The number of nitrogens with zero attached hydrogens (tertiary/aromatic N) is 2. The summed E-state index contributed by atoms with van der Waals surface area (Å²) in [5.74, 6) is 0. The molecule has 1 fully saturated rings. The van der Waals surface area contributed by atoms with Gasteiger partial charge in [0.1, 0.15) is 4.90 Å². The van der Waals surface area contributed by atoms with Crippen LogP contribution in [0.2, 0.25) is 5.02 Å². The van der Waals surface area contributed by atoms with Crippen LogP contribution in [0, 0.1) is 11.3 Å². The number of rotatable bonds is 4. The van der Waals surface area contributed by atoms with Gasteiger partial charge in [-0.25, -0.2) is 8.42 Å². The first-order valence-corrected chi connectivity index (χ1v) is 8.49. The number of sulfonamides is 1. The van der Waals surface area contributed by atoms with E-state index in [0.29, 0.717) is 12.8 Å². The van der Waals surface area contributed by atoms with Crippen molar-refractivity contribution in [1.29, 1.82) is 5.26 Å². The lowest BCUT2D eigenvalue weighted by molar-refractivity contribution is 0.0333. The molecule has 0 saturated heterocycles. The Morgan fingerprint density at radius 2 is 2.05 bits per heavy atom. The molecule has 0 bridgehead atoms. The molecule has 0 radical (unpaired) electrons. The molecule has 1 aromatic carbocycles. The summed E-state index contributed by atoms with van der Waals surface area (Å²) >= 11 is 5.96. The lowest BCUT2D eigenvalue weighted by Gasteiger charge is -2.28. The van der Waals surface area contributed by atoms with Gasteiger partial charge in [-0.2, -0.15) is 9.57 Å². The minimum Gasteiger partial charge on any atom is -0.389 e. The van der Waals surface area contributed by atoms with Crippen LogP contribution in [0.15, 0.2) is 23.1 Å². The van der Waals surface area contributed by atoms with Crippen molar-refractivity contribution in [2.24, 2.45) is 0 Å². The Bertz CT molecular complexity index is 676. The van der Waals surface area contributed by atoms with Crippen molar-refractivity contribution >= 4 is 21.6 Å². The van der Waals surface area contributed by atoms with Gasteiger partial charge in [0.05, 0.1) is 22.3 Å². The summed E-state index contributed by atoms with van der Waals surface area (Å²) in [5.41, 5.74) is -0.743. The van der Waals surface area contributed by atoms with Gasteiger partial charge in [0.25, 0.3) is 0 Å². The third-order valence-electron chi connectivity index (χ3n) is 3.80. The SMILES string of the molecule is CN(CC1(O)CCCC1)S(=O)(=O)c1cc(C#N)ccc1Cl. The maximum absolute atomic E-state index is 12.6. The van der Waals surface area contributed by atoms with E-state index in [1.54, 1.807) is 0 Å². The third-order valence-corrected chi connectivity index (χ3v) is 6.08. The summed E-state index contributed by atoms with van der Waals surface area (Å²) in [6.45, 7) is 0.0302. The van der Waals surface area contributed by atoms with Gasteiger partial charge in [-0.3, -0.25) is 0 Å². The molecule has 7 heteroatoms. The van der Waals surface area contributed by atoms with E-state index in [4.69, 9.17) is 16.9 Å². The molecule has 1 aliphatic carbocycles. The molecule has 1 N–H and O–H groups in total. The van der Waals surface area contributed by atoms with Crippen LogP contribution in [0.5, 0.6) is 0 Å². The molecule has 0 spiro atoms. The standard InChI is InChI=1S/C14H17ClN2O3S/c1-17(10-14(18)6-2-3-7-14)21(19,20)13-8-11(9-16)4-5-12(13)15/h4-5,8,18H,2-3,6-7,10H2,1H3. The van der Waals surface area contributed by atoms with E-state index in [1.807, 2.05) is 6.07 Å². The minimum atomic E-state index is -3.84. The Hall–Kier alpha value is -1.13. The van der Waals surface area contributed by atoms with Gasteiger partial charge in [-0.1, -0.05) is 24.4 Å². The van der Waals surface area contributed by atoms with E-state index in [2.05, 4.69) is 0 Å². The normalized spacial score (nSPS) is 17.9. The first-order chi connectivity index (χ1) is 9.78. The van der Waals surface area contributed by atoms with E-state index in [-0.39, 0.29) is 22.0 Å². The van der Waals surface area contributed by atoms with Crippen LogP contribution in [0.1, 0.15) is 31.2 Å². The van der Waals surface area contributed by atoms with Gasteiger partial charge in [0, 0.05) is 13.6 Å². The average Bonchev–Trinajstić information content (AvgIpc) is 2.85. The van der Waals surface area contributed by atoms with E-state index in [0.717, 1.165) is 17.1 Å². The molecule has 0 aliphatic heterocycles. The number of halogens is 1. The highest BCUT2D eigenvalue weighted by Crippen LogP contribution is 2.32. The summed E-state index contributed by atoms with van der Waals surface area (Å²) in [7, 11) is -2.42. The summed E-state index contributed by atoms with van der Waals surface area (Å²) in [4.78, 5) is -0.104. The Labute approximate surface area is 129 Å². The molecule has 0 atom stereocenters. The van der Waals surface area contributed by atoms with Crippen LogP contribution >= 0.6 is 11.6 Å². The lowest BCUT2D eigenvalue weighted by atomic mass is 10.0. The first kappa shape index (κ1) is 16.2. The fourth-order valence-corrected chi connectivity index (χ4v) is 4.38.